The number of hydrogen-bond donors (Lipinski definition) is 0. The zero-order chi connectivity index (χ0) is 46.2. The lowest BCUT2D eigenvalue weighted by Gasteiger charge is -2.32. The number of rotatable bonds is 8. The maximum absolute atomic E-state index is 2.44. The van der Waals surface area contributed by atoms with Crippen molar-refractivity contribution in [3.8, 4) is 39.1 Å². The van der Waals surface area contributed by atoms with Crippen molar-refractivity contribution >= 4 is 55.9 Å². The molecule has 0 aliphatic heterocycles. The average Bonchev–Trinajstić information content (AvgIpc) is 4.03. The molecule has 1 atom stereocenters. The molecule has 0 fully saturated rings. The normalized spacial score (nSPS) is 14.1. The lowest BCUT2D eigenvalue weighted by molar-refractivity contribution is 0.793. The standard InChI is InChI=1S/C67H45N3/c1-5-20-46(21-6-1)47-22-19-29-51(42-47)68(48-23-7-2-8-24-48)52-37-40-63-59(43-52)55-30-13-16-33-61(55)67(63)62-34-17-14-31-56(62)60-44-53(38-41-64(60)67)69(49-25-9-3-10-26-49)54-36-39-58-57-32-15-18-35-65(57)70(66(58)45-54)50-27-11-4-12-28-50/h1-45H. The van der Waals surface area contributed by atoms with E-state index in [4.69, 9.17) is 0 Å². The number of aromatic nitrogens is 1. The number of hydrogen-bond acceptors (Lipinski definition) is 2. The highest BCUT2D eigenvalue weighted by Gasteiger charge is 2.52. The molecule has 0 radical (unpaired) electrons. The Labute approximate surface area is 408 Å². The molecule has 0 bridgehead atoms. The quantitative estimate of drug-likeness (QED) is 0.151. The molecule has 1 spiro atoms. The topological polar surface area (TPSA) is 11.4 Å². The van der Waals surface area contributed by atoms with Crippen molar-refractivity contribution in [2.24, 2.45) is 0 Å². The van der Waals surface area contributed by atoms with E-state index in [9.17, 15) is 0 Å². The lowest BCUT2D eigenvalue weighted by atomic mass is 9.70. The summed E-state index contributed by atoms with van der Waals surface area (Å²) in [7, 11) is 0. The fourth-order valence-corrected chi connectivity index (χ4v) is 11.9. The minimum Gasteiger partial charge on any atom is -0.310 e. The largest absolute Gasteiger partial charge is 0.310 e. The summed E-state index contributed by atoms with van der Waals surface area (Å²) >= 11 is 0. The van der Waals surface area contributed by atoms with E-state index < -0.39 is 5.41 Å². The summed E-state index contributed by atoms with van der Waals surface area (Å²) in [6, 6.07) is 100. The molecular weight excluding hydrogens is 847 g/mol. The summed E-state index contributed by atoms with van der Waals surface area (Å²) in [5.74, 6) is 0. The van der Waals surface area contributed by atoms with Crippen LogP contribution in [0.25, 0.3) is 60.9 Å². The Morgan fingerprint density at radius 1 is 0.257 bits per heavy atom. The van der Waals surface area contributed by atoms with Gasteiger partial charge in [-0.2, -0.15) is 0 Å². The van der Waals surface area contributed by atoms with Crippen molar-refractivity contribution in [3.05, 3.63) is 295 Å². The Kier molecular flexibility index (Phi) is 9.11. The van der Waals surface area contributed by atoms with Gasteiger partial charge in [0, 0.05) is 50.6 Å². The number of anilines is 6. The first kappa shape index (κ1) is 39.9. The van der Waals surface area contributed by atoms with Crippen molar-refractivity contribution in [1.29, 1.82) is 0 Å². The molecule has 0 amide bonds. The van der Waals surface area contributed by atoms with Crippen LogP contribution in [0.2, 0.25) is 0 Å². The van der Waals surface area contributed by atoms with Crippen molar-refractivity contribution < 1.29 is 0 Å². The fourth-order valence-electron chi connectivity index (χ4n) is 11.9. The van der Waals surface area contributed by atoms with Crippen LogP contribution in [0.5, 0.6) is 0 Å². The van der Waals surface area contributed by atoms with Crippen LogP contribution in [0.1, 0.15) is 22.3 Å². The predicted molar refractivity (Wildman–Crippen MR) is 292 cm³/mol. The molecule has 1 heterocycles. The Morgan fingerprint density at radius 2 is 0.686 bits per heavy atom. The fraction of sp³-hybridized carbons (Fsp3) is 0.0149. The molecule has 3 nitrogen and oxygen atoms in total. The summed E-state index contributed by atoms with van der Waals surface area (Å²) in [5.41, 5.74) is 22.3. The van der Waals surface area contributed by atoms with Gasteiger partial charge in [-0.15, -0.1) is 0 Å². The maximum atomic E-state index is 2.44. The van der Waals surface area contributed by atoms with E-state index in [0.29, 0.717) is 0 Å². The number of nitrogens with zero attached hydrogens (tertiary/aromatic N) is 3. The van der Waals surface area contributed by atoms with Gasteiger partial charge in [0.1, 0.15) is 0 Å². The molecule has 0 saturated carbocycles. The molecule has 70 heavy (non-hydrogen) atoms. The first-order valence-electron chi connectivity index (χ1n) is 24.2. The number of para-hydroxylation sites is 4. The summed E-state index contributed by atoms with van der Waals surface area (Å²) in [4.78, 5) is 4.83. The third kappa shape index (κ3) is 6.01. The highest BCUT2D eigenvalue weighted by Crippen LogP contribution is 2.64. The third-order valence-electron chi connectivity index (χ3n) is 14.7. The van der Waals surface area contributed by atoms with Gasteiger partial charge in [-0.3, -0.25) is 0 Å². The summed E-state index contributed by atoms with van der Waals surface area (Å²) in [6.45, 7) is 0. The SMILES string of the molecule is c1ccc(-c2cccc(N(c3ccccc3)c3ccc4c(c3)-c3ccccc3C43c4ccccc4-c4cc(N(c5ccccc5)c5ccc6c7ccccc7n(-c7ccccc7)c6c5)ccc43)c2)cc1. The molecule has 1 aromatic heterocycles. The zero-order valence-electron chi connectivity index (χ0n) is 38.3. The van der Waals surface area contributed by atoms with E-state index in [2.05, 4.69) is 287 Å². The van der Waals surface area contributed by atoms with E-state index in [0.717, 1.165) is 39.8 Å². The first-order valence-corrected chi connectivity index (χ1v) is 24.2. The van der Waals surface area contributed by atoms with Gasteiger partial charge < -0.3 is 14.4 Å². The summed E-state index contributed by atoms with van der Waals surface area (Å²) in [5, 5.41) is 2.48. The van der Waals surface area contributed by atoms with Crippen molar-refractivity contribution in [2.75, 3.05) is 9.80 Å². The van der Waals surface area contributed by atoms with E-state index in [-0.39, 0.29) is 0 Å². The monoisotopic (exact) mass is 891 g/mol. The zero-order valence-corrected chi connectivity index (χ0v) is 38.3. The Morgan fingerprint density at radius 3 is 1.30 bits per heavy atom. The molecule has 0 N–H and O–H groups in total. The van der Waals surface area contributed by atoms with Crippen LogP contribution in [-0.4, -0.2) is 4.57 Å². The van der Waals surface area contributed by atoms with Crippen LogP contribution in [-0.2, 0) is 5.41 Å². The molecule has 11 aromatic carbocycles. The Hall–Kier alpha value is -9.18. The minimum atomic E-state index is -0.507. The van der Waals surface area contributed by atoms with Crippen LogP contribution in [0.4, 0.5) is 34.1 Å². The van der Waals surface area contributed by atoms with Gasteiger partial charge in [0.05, 0.1) is 16.4 Å². The van der Waals surface area contributed by atoms with E-state index in [1.54, 1.807) is 0 Å². The molecule has 12 aromatic rings. The number of fused-ring (bicyclic) bond motifs is 13. The highest BCUT2D eigenvalue weighted by molar-refractivity contribution is 6.10. The molecule has 3 heteroatoms. The van der Waals surface area contributed by atoms with Gasteiger partial charge in [-0.05, 0) is 147 Å². The van der Waals surface area contributed by atoms with E-state index in [1.807, 2.05) is 0 Å². The van der Waals surface area contributed by atoms with Crippen molar-refractivity contribution in [1.82, 2.24) is 4.57 Å². The Bertz CT molecular complexity index is 3950. The Balaban J connectivity index is 0.948. The molecule has 14 rings (SSSR count). The second kappa shape index (κ2) is 16.0. The molecular formula is C67H45N3. The molecule has 328 valence electrons. The van der Waals surface area contributed by atoms with Crippen LogP contribution < -0.4 is 9.80 Å². The summed E-state index contributed by atoms with van der Waals surface area (Å²) in [6.07, 6.45) is 0. The lowest BCUT2D eigenvalue weighted by Crippen LogP contribution is -2.26. The first-order chi connectivity index (χ1) is 34.7. The minimum absolute atomic E-state index is 0.507. The number of benzene rings is 11. The smallest absolute Gasteiger partial charge is 0.0725 e. The van der Waals surface area contributed by atoms with Crippen molar-refractivity contribution in [2.45, 2.75) is 5.41 Å². The van der Waals surface area contributed by atoms with Crippen LogP contribution in [0.15, 0.2) is 273 Å². The highest BCUT2D eigenvalue weighted by atomic mass is 15.1. The predicted octanol–water partition coefficient (Wildman–Crippen LogP) is 17.7. The second-order valence-corrected chi connectivity index (χ2v) is 18.4. The van der Waals surface area contributed by atoms with Gasteiger partial charge in [0.2, 0.25) is 0 Å². The van der Waals surface area contributed by atoms with Gasteiger partial charge in [-0.25, -0.2) is 0 Å². The van der Waals surface area contributed by atoms with Gasteiger partial charge in [0.15, 0.2) is 0 Å². The second-order valence-electron chi connectivity index (χ2n) is 18.4. The van der Waals surface area contributed by atoms with E-state index >= 15 is 0 Å². The average molecular weight is 892 g/mol. The third-order valence-corrected chi connectivity index (χ3v) is 14.7. The maximum Gasteiger partial charge on any atom is 0.0725 e. The molecule has 0 saturated heterocycles. The van der Waals surface area contributed by atoms with Crippen LogP contribution in [0, 0.1) is 0 Å². The van der Waals surface area contributed by atoms with Crippen LogP contribution >= 0.6 is 0 Å². The van der Waals surface area contributed by atoms with Gasteiger partial charge in [0.25, 0.3) is 0 Å². The van der Waals surface area contributed by atoms with Crippen molar-refractivity contribution in [3.63, 3.8) is 0 Å². The molecule has 2 aliphatic carbocycles. The summed E-state index contributed by atoms with van der Waals surface area (Å²) < 4.78 is 2.40. The molecule has 1 unspecified atom stereocenters. The van der Waals surface area contributed by atoms with Gasteiger partial charge >= 0.3 is 0 Å². The van der Waals surface area contributed by atoms with E-state index in [1.165, 1.54) is 77.4 Å². The molecule has 2 aliphatic rings. The van der Waals surface area contributed by atoms with Crippen LogP contribution in [0.3, 0.4) is 0 Å². The van der Waals surface area contributed by atoms with Gasteiger partial charge in [-0.1, -0.05) is 182 Å².